The van der Waals surface area contributed by atoms with Crippen molar-refractivity contribution in [2.45, 2.75) is 57.8 Å². The van der Waals surface area contributed by atoms with Crippen LogP contribution in [0.2, 0.25) is 0 Å². The molecule has 2 aliphatic rings. The maximum absolute atomic E-state index is 7.61. The summed E-state index contributed by atoms with van der Waals surface area (Å²) in [4.78, 5) is 10.3. The summed E-state index contributed by atoms with van der Waals surface area (Å²) >= 11 is 0. The second-order valence-electron chi connectivity index (χ2n) is 27.2. The van der Waals surface area contributed by atoms with Crippen LogP contribution in [0.5, 0.6) is 11.5 Å². The molecule has 0 spiro atoms. The van der Waals surface area contributed by atoms with Gasteiger partial charge in [0, 0.05) is 62.4 Å². The maximum atomic E-state index is 7.61. The Labute approximate surface area is 543 Å². The molecule has 3 aromatic heterocycles. The number of pyridine rings is 1. The first-order valence-corrected chi connectivity index (χ1v) is 32.4. The molecule has 1 aliphatic carbocycles. The first-order chi connectivity index (χ1) is 45.4. The van der Waals surface area contributed by atoms with Gasteiger partial charge in [0.15, 0.2) is 0 Å². The van der Waals surface area contributed by atoms with Crippen molar-refractivity contribution in [2.75, 3.05) is 16.5 Å². The summed E-state index contributed by atoms with van der Waals surface area (Å²) < 4.78 is 12.4. The van der Waals surface area contributed by atoms with Crippen molar-refractivity contribution < 1.29 is 4.74 Å². The van der Waals surface area contributed by atoms with Gasteiger partial charge in [-0.2, -0.15) is 0 Å². The van der Waals surface area contributed by atoms with Crippen LogP contribution < -0.4 is 14.5 Å². The lowest BCUT2D eigenvalue weighted by molar-refractivity contribution is 0.482. The smallest absolute Gasteiger partial charge is 0.137 e. The average molecular weight is 1200 g/mol. The van der Waals surface area contributed by atoms with E-state index in [-0.39, 0.29) is 10.8 Å². The minimum Gasteiger partial charge on any atom is -0.457 e. The summed E-state index contributed by atoms with van der Waals surface area (Å²) in [7, 11) is 0. The van der Waals surface area contributed by atoms with Crippen LogP contribution in [0, 0.1) is 0 Å². The van der Waals surface area contributed by atoms with Crippen molar-refractivity contribution in [3.05, 3.63) is 331 Å². The van der Waals surface area contributed by atoms with Crippen LogP contribution in [0.3, 0.4) is 0 Å². The number of ether oxygens (including phenoxy) is 1. The first-order valence-electron chi connectivity index (χ1n) is 32.4. The molecule has 448 valence electrons. The molecule has 0 bridgehead atoms. The molecule has 6 heteroatoms. The van der Waals surface area contributed by atoms with Gasteiger partial charge in [-0.3, -0.25) is 4.57 Å². The van der Waals surface area contributed by atoms with E-state index in [1.54, 1.807) is 0 Å². The molecule has 0 saturated heterocycles. The summed E-state index contributed by atoms with van der Waals surface area (Å²) in [6, 6.07) is 107. The van der Waals surface area contributed by atoms with Gasteiger partial charge in [-0.25, -0.2) is 4.98 Å². The lowest BCUT2D eigenvalue weighted by Crippen LogP contribution is -2.29. The van der Waals surface area contributed by atoms with Crippen LogP contribution >= 0.6 is 0 Å². The number of aromatic nitrogens is 3. The van der Waals surface area contributed by atoms with Crippen LogP contribution in [-0.4, -0.2) is 20.8 Å². The van der Waals surface area contributed by atoms with Crippen molar-refractivity contribution in [3.8, 4) is 56.4 Å². The molecule has 15 aromatic rings. The third-order valence-corrected chi connectivity index (χ3v) is 19.6. The zero-order valence-electron chi connectivity index (χ0n) is 53.1. The second kappa shape index (κ2) is 21.5. The highest BCUT2D eigenvalue weighted by molar-refractivity contribution is 6.12. The van der Waals surface area contributed by atoms with Crippen molar-refractivity contribution in [3.63, 3.8) is 0 Å². The van der Waals surface area contributed by atoms with Gasteiger partial charge in [0.05, 0.1) is 44.5 Å². The van der Waals surface area contributed by atoms with Crippen molar-refractivity contribution in [1.82, 2.24) is 14.1 Å². The molecule has 4 heterocycles. The summed E-state index contributed by atoms with van der Waals surface area (Å²) in [5, 5.41) is 4.70. The van der Waals surface area contributed by atoms with Gasteiger partial charge < -0.3 is 19.1 Å². The lowest BCUT2D eigenvalue weighted by atomic mass is 9.67. The van der Waals surface area contributed by atoms with Crippen LogP contribution in [0.25, 0.3) is 88.5 Å². The topological polar surface area (TPSA) is 38.5 Å². The van der Waals surface area contributed by atoms with E-state index in [1.807, 2.05) is 6.20 Å². The van der Waals surface area contributed by atoms with Crippen molar-refractivity contribution in [2.24, 2.45) is 0 Å². The van der Waals surface area contributed by atoms with Crippen LogP contribution in [0.15, 0.2) is 297 Å². The number of rotatable bonds is 10. The van der Waals surface area contributed by atoms with Gasteiger partial charge in [-0.1, -0.05) is 236 Å². The SMILES string of the molecule is CC(C)(C)c1ccnc(-n2c3cc(Oc4cc(N5CN(c6c(-c7ccccc7)cc(C(C)(C)C)cc6-c6ccccc6)c6ccccc65)cc(C5(c6ccccc6)c6ccccc6-c6ccccc65)c4)ccc3c3ccc(-n4c5ccccc5c5ccccc54)cc32)c1. The van der Waals surface area contributed by atoms with E-state index in [9.17, 15) is 0 Å². The number of hydrogen-bond donors (Lipinski definition) is 0. The first kappa shape index (κ1) is 55.8. The fourth-order valence-electron chi connectivity index (χ4n) is 15.2. The predicted octanol–water partition coefficient (Wildman–Crippen LogP) is 22.6. The molecular formula is C87H69N5O. The molecule has 12 aromatic carbocycles. The quantitative estimate of drug-likeness (QED) is 0.137. The molecule has 0 N–H and O–H groups in total. The molecule has 6 nitrogen and oxygen atoms in total. The monoisotopic (exact) mass is 1200 g/mol. The summed E-state index contributed by atoms with van der Waals surface area (Å²) in [6.07, 6.45) is 1.96. The largest absolute Gasteiger partial charge is 0.457 e. The summed E-state index contributed by atoms with van der Waals surface area (Å²) in [5.41, 5.74) is 23.4. The van der Waals surface area contributed by atoms with Crippen molar-refractivity contribution >= 4 is 66.4 Å². The minimum absolute atomic E-state index is 0.114. The van der Waals surface area contributed by atoms with Gasteiger partial charge in [0.2, 0.25) is 0 Å². The number of hydrogen-bond acceptors (Lipinski definition) is 4. The Morgan fingerprint density at radius 1 is 0.355 bits per heavy atom. The van der Waals surface area contributed by atoms with Gasteiger partial charge in [-0.05, 0) is 151 Å². The third-order valence-electron chi connectivity index (χ3n) is 19.6. The summed E-state index contributed by atoms with van der Waals surface area (Å²) in [6.45, 7) is 14.3. The number of benzene rings is 12. The van der Waals surface area contributed by atoms with E-state index in [0.29, 0.717) is 12.4 Å². The highest BCUT2D eigenvalue weighted by atomic mass is 16.5. The normalized spacial score (nSPS) is 13.5. The zero-order valence-corrected chi connectivity index (χ0v) is 53.1. The van der Waals surface area contributed by atoms with Crippen LogP contribution in [-0.2, 0) is 16.2 Å². The Balaban J connectivity index is 0.888. The average Bonchev–Trinajstić information content (AvgIpc) is 1.57. The van der Waals surface area contributed by atoms with E-state index in [0.717, 1.165) is 67.4 Å². The molecule has 0 fully saturated rings. The van der Waals surface area contributed by atoms with Gasteiger partial charge >= 0.3 is 0 Å². The van der Waals surface area contributed by atoms with Crippen LogP contribution in [0.1, 0.15) is 74.9 Å². The van der Waals surface area contributed by atoms with Gasteiger partial charge in [0.25, 0.3) is 0 Å². The summed E-state index contributed by atoms with van der Waals surface area (Å²) in [5.74, 6) is 2.29. The lowest BCUT2D eigenvalue weighted by Gasteiger charge is -2.35. The predicted molar refractivity (Wildman–Crippen MR) is 387 cm³/mol. The molecule has 0 amide bonds. The van der Waals surface area contributed by atoms with E-state index >= 15 is 0 Å². The second-order valence-corrected chi connectivity index (χ2v) is 27.2. The van der Waals surface area contributed by atoms with E-state index in [4.69, 9.17) is 9.72 Å². The molecule has 1 aliphatic heterocycles. The number of para-hydroxylation sites is 4. The number of anilines is 4. The van der Waals surface area contributed by atoms with Gasteiger partial charge in [-0.15, -0.1) is 0 Å². The Hall–Kier alpha value is -11.2. The molecule has 0 saturated carbocycles. The Kier molecular flexibility index (Phi) is 12.9. The van der Waals surface area contributed by atoms with E-state index in [1.165, 1.54) is 83.0 Å². The van der Waals surface area contributed by atoms with E-state index in [2.05, 4.69) is 352 Å². The fourth-order valence-corrected chi connectivity index (χ4v) is 15.2. The highest BCUT2D eigenvalue weighted by Crippen LogP contribution is 2.58. The standard InChI is InChI=1S/C87H69N5O/c1-85(2,3)60-46-47-88-83(52-60)92-81-54-63(91-77-38-22-18-34-69(77)70-35-19-23-39-78(70)91)42-44-71(81)72-45-43-65(55-82(72)92)93-66-49-62(87(59-30-14-9-15-31-59)75-36-20-16-32-67(75)68-33-17-21-37-76(68)87)48-64(53-66)89-56-90(80-41-25-24-40-79(80)89)84-73(57-26-10-7-11-27-57)50-61(86(4,5)6)51-74(84)58-28-12-8-13-29-58/h7-55H,56H2,1-6H3. The Bertz CT molecular complexity index is 5270. The zero-order chi connectivity index (χ0) is 62.7. The molecule has 17 rings (SSSR count). The van der Waals surface area contributed by atoms with Gasteiger partial charge in [0.1, 0.15) is 24.0 Å². The van der Waals surface area contributed by atoms with E-state index < -0.39 is 5.41 Å². The number of nitrogens with zero attached hydrogens (tertiary/aromatic N) is 5. The van der Waals surface area contributed by atoms with Crippen molar-refractivity contribution in [1.29, 1.82) is 0 Å². The Morgan fingerprint density at radius 2 is 0.871 bits per heavy atom. The molecule has 0 unspecified atom stereocenters. The molecular weight excluding hydrogens is 1130 g/mol. The maximum Gasteiger partial charge on any atom is 0.137 e. The fraction of sp³-hybridized carbons (Fsp3) is 0.115. The molecule has 0 atom stereocenters. The van der Waals surface area contributed by atoms with Crippen LogP contribution in [0.4, 0.5) is 22.7 Å². The third kappa shape index (κ3) is 9.02. The number of fused-ring (bicyclic) bond motifs is 10. The Morgan fingerprint density at radius 3 is 1.48 bits per heavy atom. The molecule has 93 heavy (non-hydrogen) atoms. The molecule has 0 radical (unpaired) electrons. The highest BCUT2D eigenvalue weighted by Gasteiger charge is 2.47. The minimum atomic E-state index is -0.723.